The van der Waals surface area contributed by atoms with E-state index in [1.165, 1.54) is 51.6 Å². The third-order valence-corrected chi connectivity index (χ3v) is 7.96. The van der Waals surface area contributed by atoms with E-state index in [1.54, 1.807) is 0 Å². The van der Waals surface area contributed by atoms with Crippen LogP contribution in [0.4, 0.5) is 0 Å². The molecule has 2 aliphatic rings. The second-order valence-electron chi connectivity index (χ2n) is 10.9. The summed E-state index contributed by atoms with van der Waals surface area (Å²) < 4.78 is 11.1. The predicted molar refractivity (Wildman–Crippen MR) is 143 cm³/mol. The van der Waals surface area contributed by atoms with Crippen LogP contribution in [0.1, 0.15) is 67.7 Å². The maximum atomic E-state index is 12.3. The Morgan fingerprint density at radius 2 is 1.74 bits per heavy atom. The molecule has 2 atom stereocenters. The SMILES string of the molecule is COC(=O)C1(C)CCC=C(C2=COCC(Cc3cc(C)c(-c4ccc(C)cc4)c(C)c3)CC2)CC1. The average Bonchev–Trinajstić information content (AvgIpc) is 3.18. The summed E-state index contributed by atoms with van der Waals surface area (Å²) >= 11 is 0. The van der Waals surface area contributed by atoms with Crippen LogP contribution in [0.25, 0.3) is 11.1 Å². The van der Waals surface area contributed by atoms with Crippen LogP contribution >= 0.6 is 0 Å². The van der Waals surface area contributed by atoms with E-state index < -0.39 is 0 Å². The molecule has 0 saturated carbocycles. The molecule has 1 heterocycles. The maximum absolute atomic E-state index is 12.3. The number of carbonyl (C=O) groups is 1. The minimum absolute atomic E-state index is 0.0858. The monoisotopic (exact) mass is 472 g/mol. The fourth-order valence-corrected chi connectivity index (χ4v) is 5.81. The molecular formula is C32H40O3. The first-order valence-corrected chi connectivity index (χ1v) is 13.0. The highest BCUT2D eigenvalue weighted by molar-refractivity contribution is 5.76. The summed E-state index contributed by atoms with van der Waals surface area (Å²) in [6.45, 7) is 9.39. The zero-order chi connectivity index (χ0) is 25.0. The molecule has 3 nitrogen and oxygen atoms in total. The van der Waals surface area contributed by atoms with E-state index in [0.717, 1.165) is 51.6 Å². The normalized spacial score (nSPS) is 22.8. The van der Waals surface area contributed by atoms with Crippen molar-refractivity contribution in [1.82, 2.24) is 0 Å². The molecule has 0 amide bonds. The smallest absolute Gasteiger partial charge is 0.311 e. The van der Waals surface area contributed by atoms with Gasteiger partial charge in [0.05, 0.1) is 25.4 Å². The van der Waals surface area contributed by atoms with E-state index >= 15 is 0 Å². The van der Waals surface area contributed by atoms with Gasteiger partial charge in [0, 0.05) is 0 Å². The molecule has 2 unspecified atom stereocenters. The number of esters is 1. The molecular weight excluding hydrogens is 432 g/mol. The standard InChI is InChI=1S/C32H40O3/c1-22-8-11-28(12-9-22)30-23(2)17-26(18-24(30)3)19-25-10-13-29(21-35-20-25)27-7-6-15-32(4,16-14-27)31(33)34-5/h7-9,11-12,17-18,21,25H,6,10,13-16,19-20H2,1-5H3. The van der Waals surface area contributed by atoms with Crippen LogP contribution in [0.3, 0.4) is 0 Å². The third-order valence-electron chi connectivity index (χ3n) is 7.96. The lowest BCUT2D eigenvalue weighted by Gasteiger charge is -2.24. The number of ether oxygens (including phenoxy) is 2. The predicted octanol–water partition coefficient (Wildman–Crippen LogP) is 7.81. The Morgan fingerprint density at radius 3 is 2.43 bits per heavy atom. The molecule has 0 fully saturated rings. The molecule has 0 N–H and O–H groups in total. The second-order valence-corrected chi connectivity index (χ2v) is 10.9. The highest BCUT2D eigenvalue weighted by Crippen LogP contribution is 2.39. The minimum atomic E-state index is -0.387. The van der Waals surface area contributed by atoms with Crippen molar-refractivity contribution in [2.24, 2.45) is 11.3 Å². The lowest BCUT2D eigenvalue weighted by atomic mass is 9.81. The molecule has 186 valence electrons. The van der Waals surface area contributed by atoms with Crippen molar-refractivity contribution in [3.05, 3.63) is 82.1 Å². The summed E-state index contributed by atoms with van der Waals surface area (Å²) in [6.07, 6.45) is 11.0. The summed E-state index contributed by atoms with van der Waals surface area (Å²) in [5.74, 6) is 0.414. The van der Waals surface area contributed by atoms with Crippen molar-refractivity contribution in [2.45, 2.75) is 72.6 Å². The summed E-state index contributed by atoms with van der Waals surface area (Å²) in [6, 6.07) is 13.6. The Morgan fingerprint density at radius 1 is 1.03 bits per heavy atom. The van der Waals surface area contributed by atoms with E-state index in [4.69, 9.17) is 9.47 Å². The van der Waals surface area contributed by atoms with Crippen LogP contribution in [-0.4, -0.2) is 19.7 Å². The van der Waals surface area contributed by atoms with Gasteiger partial charge in [-0.2, -0.15) is 0 Å². The molecule has 0 radical (unpaired) electrons. The first-order valence-electron chi connectivity index (χ1n) is 13.0. The Hall–Kier alpha value is -2.81. The molecule has 2 aromatic carbocycles. The lowest BCUT2D eigenvalue weighted by Crippen LogP contribution is -2.28. The molecule has 1 aliphatic heterocycles. The van der Waals surface area contributed by atoms with Crippen molar-refractivity contribution in [3.8, 4) is 11.1 Å². The van der Waals surface area contributed by atoms with E-state index in [1.807, 2.05) is 13.2 Å². The second kappa shape index (κ2) is 10.8. The maximum Gasteiger partial charge on any atom is 0.311 e. The van der Waals surface area contributed by atoms with Gasteiger partial charge in [0.1, 0.15) is 0 Å². The fourth-order valence-electron chi connectivity index (χ4n) is 5.81. The lowest BCUT2D eigenvalue weighted by molar-refractivity contribution is -0.152. The minimum Gasteiger partial charge on any atom is -0.501 e. The van der Waals surface area contributed by atoms with Gasteiger partial charge in [-0.15, -0.1) is 0 Å². The van der Waals surface area contributed by atoms with Crippen LogP contribution in [0.5, 0.6) is 0 Å². The van der Waals surface area contributed by atoms with Crippen molar-refractivity contribution in [3.63, 3.8) is 0 Å². The highest BCUT2D eigenvalue weighted by atomic mass is 16.5. The van der Waals surface area contributed by atoms with Crippen LogP contribution in [0.15, 0.2) is 59.9 Å². The first kappa shape index (κ1) is 25.3. The van der Waals surface area contributed by atoms with Crippen LogP contribution in [0, 0.1) is 32.1 Å². The summed E-state index contributed by atoms with van der Waals surface area (Å²) in [5, 5.41) is 0. The number of benzene rings is 2. The highest BCUT2D eigenvalue weighted by Gasteiger charge is 2.35. The van der Waals surface area contributed by atoms with Gasteiger partial charge >= 0.3 is 5.97 Å². The van der Waals surface area contributed by atoms with Crippen molar-refractivity contribution in [1.29, 1.82) is 0 Å². The van der Waals surface area contributed by atoms with Crippen LogP contribution < -0.4 is 0 Å². The third kappa shape index (κ3) is 5.89. The van der Waals surface area contributed by atoms with E-state index in [2.05, 4.69) is 63.2 Å². The van der Waals surface area contributed by atoms with Gasteiger partial charge in [0.25, 0.3) is 0 Å². The van der Waals surface area contributed by atoms with Crippen molar-refractivity contribution < 1.29 is 14.3 Å². The Labute approximate surface area is 211 Å². The topological polar surface area (TPSA) is 35.5 Å². The largest absolute Gasteiger partial charge is 0.501 e. The van der Waals surface area contributed by atoms with Gasteiger partial charge in [0.15, 0.2) is 0 Å². The number of aryl methyl sites for hydroxylation is 3. The van der Waals surface area contributed by atoms with Gasteiger partial charge in [-0.1, -0.05) is 48.0 Å². The van der Waals surface area contributed by atoms with E-state index in [-0.39, 0.29) is 11.4 Å². The zero-order valence-corrected chi connectivity index (χ0v) is 22.1. The van der Waals surface area contributed by atoms with Crippen LogP contribution in [-0.2, 0) is 20.7 Å². The number of hydrogen-bond donors (Lipinski definition) is 0. The molecule has 4 rings (SSSR count). The number of allylic oxidation sites excluding steroid dienone is 3. The molecule has 0 saturated heterocycles. The average molecular weight is 473 g/mol. The van der Waals surface area contributed by atoms with Gasteiger partial charge in [-0.3, -0.25) is 4.79 Å². The first-order chi connectivity index (χ1) is 16.8. The number of rotatable bonds is 5. The molecule has 3 heteroatoms. The van der Waals surface area contributed by atoms with E-state index in [0.29, 0.717) is 5.92 Å². The van der Waals surface area contributed by atoms with Crippen molar-refractivity contribution >= 4 is 5.97 Å². The molecule has 0 bridgehead atoms. The van der Waals surface area contributed by atoms with Crippen molar-refractivity contribution in [2.75, 3.05) is 13.7 Å². The molecule has 2 aromatic rings. The summed E-state index contributed by atoms with van der Waals surface area (Å²) in [7, 11) is 1.49. The Balaban J connectivity index is 1.39. The summed E-state index contributed by atoms with van der Waals surface area (Å²) in [4.78, 5) is 12.3. The molecule has 35 heavy (non-hydrogen) atoms. The van der Waals surface area contributed by atoms with Gasteiger partial charge in [-0.05, 0) is 118 Å². The molecule has 1 aliphatic carbocycles. The summed E-state index contributed by atoms with van der Waals surface area (Å²) in [5.41, 5.74) is 10.3. The number of methoxy groups -OCH3 is 1. The molecule has 0 aromatic heterocycles. The number of carbonyl (C=O) groups excluding carboxylic acids is 1. The van der Waals surface area contributed by atoms with Gasteiger partial charge in [-0.25, -0.2) is 0 Å². The van der Waals surface area contributed by atoms with Crippen LogP contribution in [0.2, 0.25) is 0 Å². The Bertz CT molecular complexity index is 1100. The number of hydrogen-bond acceptors (Lipinski definition) is 3. The van der Waals surface area contributed by atoms with E-state index in [9.17, 15) is 4.79 Å². The fraction of sp³-hybridized carbons (Fsp3) is 0.469. The van der Waals surface area contributed by atoms with Gasteiger partial charge < -0.3 is 9.47 Å². The quantitative estimate of drug-likeness (QED) is 0.416. The Kier molecular flexibility index (Phi) is 7.84. The zero-order valence-electron chi connectivity index (χ0n) is 22.1. The molecule has 0 spiro atoms. The van der Waals surface area contributed by atoms with Gasteiger partial charge in [0.2, 0.25) is 0 Å².